The lowest BCUT2D eigenvalue weighted by Gasteiger charge is -2.13. The van der Waals surface area contributed by atoms with Gasteiger partial charge in [0.1, 0.15) is 5.76 Å². The summed E-state index contributed by atoms with van der Waals surface area (Å²) in [4.78, 5) is 0. The number of hydrogen-bond donors (Lipinski definition) is 1. The first-order valence-electron chi connectivity index (χ1n) is 6.79. The van der Waals surface area contributed by atoms with E-state index in [1.165, 1.54) is 22.3 Å². The maximum atomic E-state index is 10.1. The van der Waals surface area contributed by atoms with Crippen LogP contribution >= 0.6 is 0 Å². The molecule has 1 aliphatic rings. The van der Waals surface area contributed by atoms with Crippen molar-refractivity contribution in [1.29, 1.82) is 0 Å². The van der Waals surface area contributed by atoms with Crippen LogP contribution in [0.25, 0.3) is 6.08 Å². The Bertz CT molecular complexity index is 611. The van der Waals surface area contributed by atoms with E-state index in [0.717, 1.165) is 12.8 Å². The van der Waals surface area contributed by atoms with Gasteiger partial charge in [0.25, 0.3) is 0 Å². The summed E-state index contributed by atoms with van der Waals surface area (Å²) < 4.78 is 0. The predicted molar refractivity (Wildman–Crippen MR) is 79.3 cm³/mol. The Kier molecular flexibility index (Phi) is 3.12. The van der Waals surface area contributed by atoms with E-state index in [9.17, 15) is 5.11 Å². The molecule has 2 aromatic carbocycles. The molecule has 1 unspecified atom stereocenters. The molecular formula is C18H18O. The minimum absolute atomic E-state index is 0.162. The molecule has 96 valence electrons. The summed E-state index contributed by atoms with van der Waals surface area (Å²) in [6.45, 7) is 2.10. The van der Waals surface area contributed by atoms with Crippen molar-refractivity contribution in [2.24, 2.45) is 0 Å². The summed E-state index contributed by atoms with van der Waals surface area (Å²) in [5.74, 6) is 0.673. The van der Waals surface area contributed by atoms with Crippen molar-refractivity contribution in [3.05, 3.63) is 76.5 Å². The molecular weight excluding hydrogens is 232 g/mol. The van der Waals surface area contributed by atoms with E-state index in [1.807, 2.05) is 12.1 Å². The Labute approximate surface area is 114 Å². The van der Waals surface area contributed by atoms with Crippen LogP contribution in [0.3, 0.4) is 0 Å². The van der Waals surface area contributed by atoms with Crippen LogP contribution in [0, 0.1) is 6.92 Å². The highest BCUT2D eigenvalue weighted by Gasteiger charge is 2.24. The summed E-state index contributed by atoms with van der Waals surface area (Å²) in [5.41, 5.74) is 5.03. The maximum Gasteiger partial charge on any atom is 0.100 e. The molecule has 1 nitrogen and oxygen atoms in total. The molecule has 0 aromatic heterocycles. The topological polar surface area (TPSA) is 20.2 Å². The van der Waals surface area contributed by atoms with E-state index in [-0.39, 0.29) is 5.92 Å². The molecule has 3 rings (SSSR count). The van der Waals surface area contributed by atoms with Gasteiger partial charge in [0.15, 0.2) is 0 Å². The molecule has 2 aromatic rings. The number of allylic oxidation sites excluding steroid dienone is 1. The van der Waals surface area contributed by atoms with Gasteiger partial charge in [-0.3, -0.25) is 0 Å². The third-order valence-electron chi connectivity index (χ3n) is 3.84. The van der Waals surface area contributed by atoms with Crippen LogP contribution in [-0.2, 0) is 6.42 Å². The fourth-order valence-electron chi connectivity index (χ4n) is 2.81. The van der Waals surface area contributed by atoms with Crippen molar-refractivity contribution in [2.45, 2.75) is 25.7 Å². The van der Waals surface area contributed by atoms with E-state index in [0.29, 0.717) is 5.76 Å². The van der Waals surface area contributed by atoms with Gasteiger partial charge in [0.2, 0.25) is 0 Å². The van der Waals surface area contributed by atoms with Crippen LogP contribution in [0.15, 0.2) is 54.3 Å². The highest BCUT2D eigenvalue weighted by molar-refractivity contribution is 5.65. The Morgan fingerprint density at radius 1 is 1.05 bits per heavy atom. The zero-order valence-electron chi connectivity index (χ0n) is 11.1. The Morgan fingerprint density at radius 2 is 1.84 bits per heavy atom. The first-order valence-corrected chi connectivity index (χ1v) is 6.79. The summed E-state index contributed by atoms with van der Waals surface area (Å²) in [6, 6.07) is 16.9. The van der Waals surface area contributed by atoms with Crippen molar-refractivity contribution in [3.63, 3.8) is 0 Å². The lowest BCUT2D eigenvalue weighted by molar-refractivity contribution is 0.370. The molecule has 1 atom stereocenters. The fraction of sp³-hybridized carbons (Fsp3) is 0.222. The summed E-state index contributed by atoms with van der Waals surface area (Å²) in [5, 5.41) is 10.1. The van der Waals surface area contributed by atoms with Crippen molar-refractivity contribution < 1.29 is 5.11 Å². The fourth-order valence-corrected chi connectivity index (χ4v) is 2.81. The molecule has 1 heteroatoms. The first kappa shape index (κ1) is 12.0. The van der Waals surface area contributed by atoms with Crippen LogP contribution < -0.4 is 0 Å². The highest BCUT2D eigenvalue weighted by atomic mass is 16.3. The lowest BCUT2D eigenvalue weighted by atomic mass is 9.92. The molecule has 1 N–H and O–H groups in total. The molecule has 0 saturated carbocycles. The molecule has 0 aliphatic heterocycles. The molecule has 1 aliphatic carbocycles. The third-order valence-corrected chi connectivity index (χ3v) is 3.84. The van der Waals surface area contributed by atoms with Gasteiger partial charge >= 0.3 is 0 Å². The molecule has 0 amide bonds. The zero-order chi connectivity index (χ0) is 13.2. The lowest BCUT2D eigenvalue weighted by Crippen LogP contribution is -2.01. The second-order valence-corrected chi connectivity index (χ2v) is 5.28. The van der Waals surface area contributed by atoms with E-state index in [1.54, 1.807) is 0 Å². The minimum Gasteiger partial charge on any atom is -0.512 e. The maximum absolute atomic E-state index is 10.1. The second-order valence-electron chi connectivity index (χ2n) is 5.28. The smallest absolute Gasteiger partial charge is 0.100 e. The van der Waals surface area contributed by atoms with Gasteiger partial charge in [0, 0.05) is 5.92 Å². The van der Waals surface area contributed by atoms with Crippen molar-refractivity contribution in [3.8, 4) is 0 Å². The summed E-state index contributed by atoms with van der Waals surface area (Å²) >= 11 is 0. The third kappa shape index (κ3) is 2.41. The van der Waals surface area contributed by atoms with Crippen molar-refractivity contribution >= 4 is 6.08 Å². The van der Waals surface area contributed by atoms with Crippen molar-refractivity contribution in [1.82, 2.24) is 0 Å². The second kappa shape index (κ2) is 4.93. The Balaban J connectivity index is 1.79. The van der Waals surface area contributed by atoms with Crippen molar-refractivity contribution in [2.75, 3.05) is 0 Å². The first-order chi connectivity index (χ1) is 9.24. The molecule has 0 bridgehead atoms. The normalized spacial score (nSPS) is 17.1. The van der Waals surface area contributed by atoms with Gasteiger partial charge < -0.3 is 5.11 Å². The summed E-state index contributed by atoms with van der Waals surface area (Å²) in [6.07, 6.45) is 3.87. The van der Waals surface area contributed by atoms with Gasteiger partial charge in [-0.25, -0.2) is 0 Å². The average molecular weight is 250 g/mol. The van der Waals surface area contributed by atoms with E-state index in [4.69, 9.17) is 0 Å². The van der Waals surface area contributed by atoms with Crippen LogP contribution in [-0.4, -0.2) is 5.11 Å². The van der Waals surface area contributed by atoms with E-state index in [2.05, 4.69) is 49.4 Å². The van der Waals surface area contributed by atoms with Crippen LogP contribution in [0.1, 0.15) is 34.6 Å². The van der Waals surface area contributed by atoms with E-state index >= 15 is 0 Å². The number of rotatable bonds is 3. The molecule has 0 spiro atoms. The van der Waals surface area contributed by atoms with Crippen LogP contribution in [0.2, 0.25) is 0 Å². The standard InChI is InChI=1S/C18H18O/c1-13-7-9-15-12-18(19)16(17(15)11-13)10-8-14-5-3-2-4-6-14/h2-7,9,11-12,16,19H,8,10H2,1H3. The van der Waals surface area contributed by atoms with Gasteiger partial charge in [-0.2, -0.15) is 0 Å². The number of benzene rings is 2. The largest absolute Gasteiger partial charge is 0.512 e. The number of fused-ring (bicyclic) bond motifs is 1. The predicted octanol–water partition coefficient (Wildman–Crippen LogP) is 4.62. The molecule has 0 saturated heterocycles. The molecule has 19 heavy (non-hydrogen) atoms. The van der Waals surface area contributed by atoms with Gasteiger partial charge in [-0.05, 0) is 42.5 Å². The van der Waals surface area contributed by atoms with Gasteiger partial charge in [-0.15, -0.1) is 0 Å². The highest BCUT2D eigenvalue weighted by Crippen LogP contribution is 2.38. The Hall–Kier alpha value is -2.02. The number of aryl methyl sites for hydroxylation is 2. The summed E-state index contributed by atoms with van der Waals surface area (Å²) in [7, 11) is 0. The van der Waals surface area contributed by atoms with Crippen LogP contribution in [0.4, 0.5) is 0 Å². The molecule has 0 heterocycles. The van der Waals surface area contributed by atoms with E-state index < -0.39 is 0 Å². The molecule has 0 fully saturated rings. The zero-order valence-corrected chi connectivity index (χ0v) is 11.1. The number of aliphatic hydroxyl groups excluding tert-OH is 1. The number of aliphatic hydroxyl groups is 1. The SMILES string of the molecule is Cc1ccc2c(c1)C(CCc1ccccc1)C(O)=C2. The Morgan fingerprint density at radius 3 is 2.63 bits per heavy atom. The van der Waals surface area contributed by atoms with Gasteiger partial charge in [-0.1, -0.05) is 54.1 Å². The minimum atomic E-state index is 0.162. The van der Waals surface area contributed by atoms with Crippen LogP contribution in [0.5, 0.6) is 0 Å². The average Bonchev–Trinajstić information content (AvgIpc) is 2.73. The van der Waals surface area contributed by atoms with Gasteiger partial charge in [0.05, 0.1) is 0 Å². The number of hydrogen-bond acceptors (Lipinski definition) is 1. The quantitative estimate of drug-likeness (QED) is 0.842. The monoisotopic (exact) mass is 250 g/mol. The molecule has 0 radical (unpaired) electrons.